The largest absolute Gasteiger partial charge is 0.474 e. The Labute approximate surface area is 190 Å². The molecule has 1 amide bonds. The van der Waals surface area contributed by atoms with Crippen molar-refractivity contribution in [2.75, 3.05) is 37.0 Å². The van der Waals surface area contributed by atoms with Gasteiger partial charge in [-0.25, -0.2) is 19.2 Å². The molecule has 1 fully saturated rings. The molecule has 0 spiro atoms. The number of pyridine rings is 2. The molecular formula is C24H25FN4O4. The highest BCUT2D eigenvalue weighted by molar-refractivity contribution is 5.93. The van der Waals surface area contributed by atoms with E-state index in [-0.39, 0.29) is 5.82 Å². The highest BCUT2D eigenvalue weighted by Gasteiger charge is 2.23. The summed E-state index contributed by atoms with van der Waals surface area (Å²) in [5.74, 6) is 0.550. The van der Waals surface area contributed by atoms with Crippen LogP contribution in [-0.2, 0) is 9.47 Å². The lowest BCUT2D eigenvalue weighted by atomic mass is 9.98. The molecule has 33 heavy (non-hydrogen) atoms. The van der Waals surface area contributed by atoms with Crippen molar-refractivity contribution in [2.45, 2.75) is 32.5 Å². The van der Waals surface area contributed by atoms with E-state index in [4.69, 9.17) is 14.2 Å². The molecule has 0 unspecified atom stereocenters. The number of hydrogen-bond donors (Lipinski definition) is 1. The molecule has 2 aromatic heterocycles. The Bertz CT molecular complexity index is 1210. The number of anilines is 2. The first-order valence-corrected chi connectivity index (χ1v) is 11.0. The summed E-state index contributed by atoms with van der Waals surface area (Å²) >= 11 is 0. The maximum absolute atomic E-state index is 15.1. The van der Waals surface area contributed by atoms with E-state index in [2.05, 4.69) is 15.3 Å². The predicted molar refractivity (Wildman–Crippen MR) is 122 cm³/mol. The molecular weight excluding hydrogens is 427 g/mol. The van der Waals surface area contributed by atoms with Crippen molar-refractivity contribution in [3.63, 3.8) is 0 Å². The van der Waals surface area contributed by atoms with Crippen LogP contribution >= 0.6 is 0 Å². The van der Waals surface area contributed by atoms with Gasteiger partial charge in [-0.05, 0) is 48.9 Å². The minimum Gasteiger partial charge on any atom is -0.474 e. The summed E-state index contributed by atoms with van der Waals surface area (Å²) in [6, 6.07) is 4.93. The van der Waals surface area contributed by atoms with Gasteiger partial charge in [0, 0.05) is 48.9 Å². The van der Waals surface area contributed by atoms with Crippen LogP contribution in [0.25, 0.3) is 21.9 Å². The van der Waals surface area contributed by atoms with Crippen LogP contribution < -0.4 is 15.0 Å². The van der Waals surface area contributed by atoms with Crippen LogP contribution in [0.1, 0.15) is 24.8 Å². The predicted octanol–water partition coefficient (Wildman–Crippen LogP) is 4.65. The maximum Gasteiger partial charge on any atom is 0.417 e. The lowest BCUT2D eigenvalue weighted by Crippen LogP contribution is -2.34. The van der Waals surface area contributed by atoms with E-state index in [0.717, 1.165) is 29.5 Å². The van der Waals surface area contributed by atoms with Gasteiger partial charge < -0.3 is 19.5 Å². The van der Waals surface area contributed by atoms with Crippen molar-refractivity contribution in [1.29, 1.82) is 0 Å². The number of carbonyl (C=O) groups excluding carboxylic acids is 1. The fourth-order valence-electron chi connectivity index (χ4n) is 4.13. The van der Waals surface area contributed by atoms with Crippen molar-refractivity contribution in [3.05, 3.63) is 42.0 Å². The standard InChI is InChI=1S/C24H25FN4O4/c1-14-18(13-28-23-22(14)26-6-8-32-23)17-9-15-11-20(27-12-16(15)10-19(17)25)29(2)24(30)33-21-5-3-4-7-31-21/h9-13,21,26H,3-8H2,1-2H3/t21-/m0/s1. The molecule has 0 aliphatic carbocycles. The van der Waals surface area contributed by atoms with E-state index in [1.165, 1.54) is 11.0 Å². The lowest BCUT2D eigenvalue weighted by molar-refractivity contribution is -0.124. The first-order chi connectivity index (χ1) is 16.0. The summed E-state index contributed by atoms with van der Waals surface area (Å²) < 4.78 is 31.6. The highest BCUT2D eigenvalue weighted by Crippen LogP contribution is 2.37. The lowest BCUT2D eigenvalue weighted by Gasteiger charge is -2.25. The molecule has 1 aromatic carbocycles. The second kappa shape index (κ2) is 8.82. The SMILES string of the molecule is Cc1c(-c2cc3cc(N(C)C(=O)O[C@H]4CCCCO4)ncc3cc2F)cnc2c1NCCO2. The number of nitrogens with one attached hydrogen (secondary N) is 1. The summed E-state index contributed by atoms with van der Waals surface area (Å²) in [7, 11) is 1.59. The number of hydrogen-bond acceptors (Lipinski definition) is 7. The Morgan fingerprint density at radius 2 is 2.03 bits per heavy atom. The Morgan fingerprint density at radius 1 is 1.15 bits per heavy atom. The number of halogens is 1. The molecule has 2 aliphatic heterocycles. The fraction of sp³-hybridized carbons (Fsp3) is 0.375. The van der Waals surface area contributed by atoms with Gasteiger partial charge in [-0.15, -0.1) is 0 Å². The van der Waals surface area contributed by atoms with Crippen LogP contribution in [-0.4, -0.2) is 49.2 Å². The Morgan fingerprint density at radius 3 is 2.85 bits per heavy atom. The third kappa shape index (κ3) is 4.16. The van der Waals surface area contributed by atoms with Crippen LogP contribution in [0.15, 0.2) is 30.6 Å². The van der Waals surface area contributed by atoms with Crippen LogP contribution in [0.2, 0.25) is 0 Å². The van der Waals surface area contributed by atoms with Gasteiger partial charge in [0.05, 0.1) is 6.61 Å². The zero-order valence-corrected chi connectivity index (χ0v) is 18.6. The molecule has 9 heteroatoms. The summed E-state index contributed by atoms with van der Waals surface area (Å²) in [5.41, 5.74) is 2.73. The van der Waals surface area contributed by atoms with E-state index in [9.17, 15) is 4.79 Å². The number of nitrogens with zero attached hydrogens (tertiary/aromatic N) is 3. The third-order valence-electron chi connectivity index (χ3n) is 6.02. The fourth-order valence-corrected chi connectivity index (χ4v) is 4.13. The highest BCUT2D eigenvalue weighted by atomic mass is 19.1. The van der Waals surface area contributed by atoms with Crippen molar-refractivity contribution in [2.24, 2.45) is 0 Å². The van der Waals surface area contributed by atoms with E-state index in [0.29, 0.717) is 54.4 Å². The molecule has 0 saturated carbocycles. The third-order valence-corrected chi connectivity index (χ3v) is 6.02. The number of carbonyl (C=O) groups is 1. The van der Waals surface area contributed by atoms with Gasteiger partial charge in [0.1, 0.15) is 23.9 Å². The number of ether oxygens (including phenoxy) is 3. The van der Waals surface area contributed by atoms with Gasteiger partial charge in [0.15, 0.2) is 0 Å². The van der Waals surface area contributed by atoms with E-state index >= 15 is 4.39 Å². The van der Waals surface area contributed by atoms with Crippen LogP contribution in [0.4, 0.5) is 20.7 Å². The number of aromatic nitrogens is 2. The minimum absolute atomic E-state index is 0.374. The molecule has 4 heterocycles. The van der Waals surface area contributed by atoms with E-state index < -0.39 is 12.4 Å². The molecule has 1 atom stereocenters. The van der Waals surface area contributed by atoms with Crippen LogP contribution in [0.3, 0.4) is 0 Å². The summed E-state index contributed by atoms with van der Waals surface area (Å²) in [6.07, 6.45) is 4.71. The summed E-state index contributed by atoms with van der Waals surface area (Å²) in [5, 5.41) is 4.65. The molecule has 3 aromatic rings. The average molecular weight is 452 g/mol. The monoisotopic (exact) mass is 452 g/mol. The molecule has 5 rings (SSSR count). The zero-order chi connectivity index (χ0) is 22.9. The summed E-state index contributed by atoms with van der Waals surface area (Å²) in [4.78, 5) is 22.6. The molecule has 0 radical (unpaired) electrons. The van der Waals surface area contributed by atoms with Gasteiger partial charge >= 0.3 is 6.09 Å². The van der Waals surface area contributed by atoms with Gasteiger partial charge in [-0.3, -0.25) is 4.90 Å². The van der Waals surface area contributed by atoms with Gasteiger partial charge in [0.25, 0.3) is 0 Å². The normalized spacial score (nSPS) is 17.6. The first kappa shape index (κ1) is 21.4. The second-order valence-electron chi connectivity index (χ2n) is 8.21. The van der Waals surface area contributed by atoms with Gasteiger partial charge in [-0.2, -0.15) is 0 Å². The van der Waals surface area contributed by atoms with Crippen molar-refractivity contribution in [3.8, 4) is 17.0 Å². The smallest absolute Gasteiger partial charge is 0.417 e. The van der Waals surface area contributed by atoms with E-state index in [1.807, 2.05) is 6.92 Å². The molecule has 1 N–H and O–H groups in total. The number of benzene rings is 1. The van der Waals surface area contributed by atoms with Crippen molar-refractivity contribution in [1.82, 2.24) is 9.97 Å². The number of fused-ring (bicyclic) bond motifs is 2. The molecule has 1 saturated heterocycles. The zero-order valence-electron chi connectivity index (χ0n) is 18.6. The van der Waals surface area contributed by atoms with Crippen LogP contribution in [0.5, 0.6) is 5.88 Å². The Balaban J connectivity index is 1.46. The van der Waals surface area contributed by atoms with E-state index in [1.54, 1.807) is 31.6 Å². The average Bonchev–Trinajstić information content (AvgIpc) is 2.84. The van der Waals surface area contributed by atoms with Gasteiger partial charge in [-0.1, -0.05) is 0 Å². The maximum atomic E-state index is 15.1. The number of amides is 1. The topological polar surface area (TPSA) is 85.8 Å². The quantitative estimate of drug-likeness (QED) is 0.619. The molecule has 2 aliphatic rings. The molecule has 172 valence electrons. The van der Waals surface area contributed by atoms with Crippen LogP contribution in [0, 0.1) is 12.7 Å². The number of rotatable bonds is 3. The first-order valence-electron chi connectivity index (χ1n) is 11.0. The Kier molecular flexibility index (Phi) is 5.72. The van der Waals surface area contributed by atoms with Crippen molar-refractivity contribution >= 4 is 28.4 Å². The van der Waals surface area contributed by atoms with Crippen molar-refractivity contribution < 1.29 is 23.4 Å². The Hall–Kier alpha value is -3.46. The second-order valence-corrected chi connectivity index (χ2v) is 8.21. The molecule has 8 nitrogen and oxygen atoms in total. The summed E-state index contributed by atoms with van der Waals surface area (Å²) in [6.45, 7) is 3.71. The van der Waals surface area contributed by atoms with Gasteiger partial charge in [0.2, 0.25) is 12.2 Å². The molecule has 0 bridgehead atoms. The minimum atomic E-state index is -0.545.